The molecule has 4 rings (SSSR count). The molecule has 1 saturated heterocycles. The van der Waals surface area contributed by atoms with Gasteiger partial charge in [0.05, 0.1) is 11.7 Å². The highest BCUT2D eigenvalue weighted by Crippen LogP contribution is 2.42. The average molecular weight is 351 g/mol. The van der Waals surface area contributed by atoms with Crippen molar-refractivity contribution in [2.45, 2.75) is 44.7 Å². The molecule has 0 radical (unpaired) electrons. The largest absolute Gasteiger partial charge is 0.354 e. The van der Waals surface area contributed by atoms with E-state index in [1.807, 2.05) is 24.9 Å². The minimum Gasteiger partial charge on any atom is -0.354 e. The van der Waals surface area contributed by atoms with Gasteiger partial charge in [-0.3, -0.25) is 9.58 Å². The third kappa shape index (κ3) is 3.42. The molecule has 0 bridgehead atoms. The number of rotatable bonds is 5. The summed E-state index contributed by atoms with van der Waals surface area (Å²) in [6, 6.07) is 7.05. The summed E-state index contributed by atoms with van der Waals surface area (Å²) < 4.78 is 2.01. The number of nitrogens with one attached hydrogen (secondary N) is 1. The van der Waals surface area contributed by atoms with E-state index in [4.69, 9.17) is 5.26 Å². The summed E-state index contributed by atoms with van der Waals surface area (Å²) in [5.41, 5.74) is 2.50. The summed E-state index contributed by atoms with van der Waals surface area (Å²) in [4.78, 5) is 11.4. The quantitative estimate of drug-likeness (QED) is 0.891. The van der Waals surface area contributed by atoms with Gasteiger partial charge in [0.1, 0.15) is 11.8 Å². The summed E-state index contributed by atoms with van der Waals surface area (Å²) in [5, 5.41) is 16.9. The number of hydrogen-bond acceptors (Lipinski definition) is 6. The summed E-state index contributed by atoms with van der Waals surface area (Å²) in [7, 11) is 2.03. The van der Waals surface area contributed by atoms with Crippen LogP contribution in [-0.4, -0.2) is 43.8 Å². The van der Waals surface area contributed by atoms with Crippen LogP contribution >= 0.6 is 0 Å². The normalized spacial score (nSPS) is 23.6. The monoisotopic (exact) mass is 351 g/mol. The van der Waals surface area contributed by atoms with E-state index in [1.165, 1.54) is 31.4 Å². The summed E-state index contributed by atoms with van der Waals surface area (Å²) >= 11 is 0. The minimum absolute atomic E-state index is 0.372. The van der Waals surface area contributed by atoms with Gasteiger partial charge in [-0.2, -0.15) is 10.4 Å². The van der Waals surface area contributed by atoms with E-state index >= 15 is 0 Å². The van der Waals surface area contributed by atoms with Crippen LogP contribution in [-0.2, 0) is 7.05 Å². The second kappa shape index (κ2) is 7.04. The third-order valence-corrected chi connectivity index (χ3v) is 5.46. The van der Waals surface area contributed by atoms with E-state index in [9.17, 15) is 0 Å². The molecule has 2 aliphatic rings. The topological polar surface area (TPSA) is 82.7 Å². The molecule has 1 aliphatic carbocycles. The minimum atomic E-state index is 0.372. The lowest BCUT2D eigenvalue weighted by atomic mass is 9.86. The standard InChI is InChI=1S/C19H25N7/c1-13-10-15(11-20)24-19(23-13)21-12-14-4-3-9-26(16-5-6-16)18(14)17-7-8-22-25(17)2/h7-8,10,14,16,18H,3-6,9,12H2,1-2H3,(H,21,23,24)/t14-,18+/m0/s1. The van der Waals surface area contributed by atoms with E-state index in [-0.39, 0.29) is 0 Å². The number of aryl methyl sites for hydroxylation is 2. The lowest BCUT2D eigenvalue weighted by Crippen LogP contribution is -2.43. The zero-order chi connectivity index (χ0) is 18.1. The molecule has 7 nitrogen and oxygen atoms in total. The first-order chi connectivity index (χ1) is 12.7. The molecule has 7 heteroatoms. The number of nitrogens with zero attached hydrogens (tertiary/aromatic N) is 6. The molecule has 1 aliphatic heterocycles. The number of hydrogen-bond donors (Lipinski definition) is 1. The molecular weight excluding hydrogens is 326 g/mol. The molecular formula is C19H25N7. The predicted octanol–water partition coefficient (Wildman–Crippen LogP) is 2.42. The van der Waals surface area contributed by atoms with Crippen molar-refractivity contribution >= 4 is 5.95 Å². The Labute approximate surface area is 154 Å². The number of anilines is 1. The van der Waals surface area contributed by atoms with Gasteiger partial charge in [-0.25, -0.2) is 9.97 Å². The molecule has 2 aromatic heterocycles. The van der Waals surface area contributed by atoms with Gasteiger partial charge in [0.2, 0.25) is 5.95 Å². The molecule has 2 atom stereocenters. The van der Waals surface area contributed by atoms with Crippen molar-refractivity contribution in [2.75, 3.05) is 18.4 Å². The molecule has 1 saturated carbocycles. The molecule has 0 spiro atoms. The first-order valence-corrected chi connectivity index (χ1v) is 9.39. The van der Waals surface area contributed by atoms with Crippen LogP contribution in [0.3, 0.4) is 0 Å². The number of piperidine rings is 1. The fourth-order valence-corrected chi connectivity index (χ4v) is 4.15. The number of likely N-dealkylation sites (tertiary alicyclic amines) is 1. The Morgan fingerprint density at radius 3 is 2.85 bits per heavy atom. The van der Waals surface area contributed by atoms with Gasteiger partial charge in [-0.1, -0.05) is 0 Å². The van der Waals surface area contributed by atoms with Crippen molar-refractivity contribution in [2.24, 2.45) is 13.0 Å². The molecule has 2 fully saturated rings. The van der Waals surface area contributed by atoms with E-state index < -0.39 is 0 Å². The van der Waals surface area contributed by atoms with E-state index in [0.717, 1.165) is 24.8 Å². The average Bonchev–Trinajstić information content (AvgIpc) is 3.40. The first kappa shape index (κ1) is 17.0. The fourth-order valence-electron chi connectivity index (χ4n) is 4.15. The Balaban J connectivity index is 1.55. The Morgan fingerprint density at radius 2 is 2.15 bits per heavy atom. The Morgan fingerprint density at radius 1 is 1.31 bits per heavy atom. The van der Waals surface area contributed by atoms with Crippen LogP contribution in [0.4, 0.5) is 5.95 Å². The van der Waals surface area contributed by atoms with Crippen molar-refractivity contribution in [3.63, 3.8) is 0 Å². The second-order valence-electron chi connectivity index (χ2n) is 7.41. The zero-order valence-corrected chi connectivity index (χ0v) is 15.4. The Bertz CT molecular complexity index is 818. The zero-order valence-electron chi connectivity index (χ0n) is 15.4. The lowest BCUT2D eigenvalue weighted by Gasteiger charge is -2.41. The first-order valence-electron chi connectivity index (χ1n) is 9.39. The van der Waals surface area contributed by atoms with Gasteiger partial charge in [0.25, 0.3) is 0 Å². The van der Waals surface area contributed by atoms with Gasteiger partial charge in [-0.15, -0.1) is 0 Å². The highest BCUT2D eigenvalue weighted by molar-refractivity contribution is 5.33. The van der Waals surface area contributed by atoms with Gasteiger partial charge >= 0.3 is 0 Å². The lowest BCUT2D eigenvalue weighted by molar-refractivity contribution is 0.0841. The summed E-state index contributed by atoms with van der Waals surface area (Å²) in [6.45, 7) is 3.85. The van der Waals surface area contributed by atoms with Crippen molar-refractivity contribution < 1.29 is 0 Å². The predicted molar refractivity (Wildman–Crippen MR) is 98.4 cm³/mol. The fraction of sp³-hybridized carbons (Fsp3) is 0.579. The van der Waals surface area contributed by atoms with Crippen LogP contribution < -0.4 is 5.32 Å². The maximum Gasteiger partial charge on any atom is 0.224 e. The molecule has 3 heterocycles. The highest BCUT2D eigenvalue weighted by Gasteiger charge is 2.41. The second-order valence-corrected chi connectivity index (χ2v) is 7.41. The summed E-state index contributed by atoms with van der Waals surface area (Å²) in [5.74, 6) is 1.02. The van der Waals surface area contributed by atoms with Crippen LogP contribution in [0.15, 0.2) is 18.3 Å². The van der Waals surface area contributed by atoms with E-state index in [0.29, 0.717) is 23.6 Å². The van der Waals surface area contributed by atoms with Crippen LogP contribution in [0, 0.1) is 24.2 Å². The van der Waals surface area contributed by atoms with Gasteiger partial charge in [-0.05, 0) is 57.2 Å². The van der Waals surface area contributed by atoms with E-state index in [1.54, 1.807) is 6.07 Å². The molecule has 26 heavy (non-hydrogen) atoms. The van der Waals surface area contributed by atoms with Crippen LogP contribution in [0.2, 0.25) is 0 Å². The van der Waals surface area contributed by atoms with Crippen LogP contribution in [0.5, 0.6) is 0 Å². The van der Waals surface area contributed by atoms with Crippen molar-refractivity contribution in [1.82, 2.24) is 24.6 Å². The van der Waals surface area contributed by atoms with E-state index in [2.05, 4.69) is 37.4 Å². The smallest absolute Gasteiger partial charge is 0.224 e. The molecule has 136 valence electrons. The number of nitriles is 1. The highest BCUT2D eigenvalue weighted by atomic mass is 15.3. The van der Waals surface area contributed by atoms with Crippen LogP contribution in [0.1, 0.15) is 48.8 Å². The van der Waals surface area contributed by atoms with Gasteiger partial charge < -0.3 is 5.32 Å². The van der Waals surface area contributed by atoms with Crippen molar-refractivity contribution in [3.05, 3.63) is 35.4 Å². The van der Waals surface area contributed by atoms with Gasteiger partial charge in [0.15, 0.2) is 0 Å². The molecule has 0 aromatic carbocycles. The molecule has 2 aromatic rings. The molecule has 0 amide bonds. The maximum absolute atomic E-state index is 9.12. The molecule has 0 unspecified atom stereocenters. The Hall–Kier alpha value is -2.46. The Kier molecular flexibility index (Phi) is 4.60. The van der Waals surface area contributed by atoms with Gasteiger partial charge in [0, 0.05) is 31.5 Å². The van der Waals surface area contributed by atoms with Crippen LogP contribution in [0.25, 0.3) is 0 Å². The number of aromatic nitrogens is 4. The third-order valence-electron chi connectivity index (χ3n) is 5.46. The summed E-state index contributed by atoms with van der Waals surface area (Å²) in [6.07, 6.45) is 6.89. The SMILES string of the molecule is Cc1cc(C#N)nc(NC[C@@H]2CCCN(C3CC3)[C@H]2c2ccnn2C)n1. The van der Waals surface area contributed by atoms with Crippen molar-refractivity contribution in [1.29, 1.82) is 5.26 Å². The maximum atomic E-state index is 9.12. The molecule has 1 N–H and O–H groups in total. The van der Waals surface area contributed by atoms with Crippen molar-refractivity contribution in [3.8, 4) is 6.07 Å².